The molecule has 1 N–H and O–H groups in total. The molecule has 2 aliphatic rings. The number of halogens is 1. The molecule has 0 bridgehead atoms. The fourth-order valence-corrected chi connectivity index (χ4v) is 4.79. The molecule has 1 saturated carbocycles. The van der Waals surface area contributed by atoms with Crippen molar-refractivity contribution in [1.29, 1.82) is 0 Å². The molecule has 1 aliphatic heterocycles. The molecule has 2 aromatic rings. The van der Waals surface area contributed by atoms with E-state index >= 15 is 0 Å². The lowest BCUT2D eigenvalue weighted by molar-refractivity contribution is 0.0903. The van der Waals surface area contributed by atoms with Crippen molar-refractivity contribution in [2.75, 3.05) is 19.6 Å². The third-order valence-corrected chi connectivity index (χ3v) is 6.29. The number of amides is 1. The Morgan fingerprint density at radius 1 is 1.11 bits per heavy atom. The zero-order valence-corrected chi connectivity index (χ0v) is 16.5. The Hall–Kier alpha value is -1.65. The van der Waals surface area contributed by atoms with Gasteiger partial charge >= 0.3 is 0 Å². The molecule has 4 rings (SSSR count). The summed E-state index contributed by atoms with van der Waals surface area (Å²) in [6.45, 7) is 3.41. The maximum absolute atomic E-state index is 12.9. The molecule has 2 fully saturated rings. The van der Waals surface area contributed by atoms with Crippen LogP contribution in [-0.2, 0) is 0 Å². The van der Waals surface area contributed by atoms with E-state index in [2.05, 4.69) is 15.2 Å². The molecule has 4 nitrogen and oxygen atoms in total. The molecule has 0 atom stereocenters. The minimum Gasteiger partial charge on any atom is -0.349 e. The van der Waals surface area contributed by atoms with Crippen LogP contribution in [0.15, 0.2) is 30.3 Å². The third kappa shape index (κ3) is 4.61. The predicted octanol–water partition coefficient (Wildman–Crippen LogP) is 4.66. The van der Waals surface area contributed by atoms with Gasteiger partial charge in [0.2, 0.25) is 0 Å². The molecular weight excluding hydrogens is 358 g/mol. The zero-order chi connectivity index (χ0) is 18.6. The SMILES string of the molecule is O=C(NC1CCN(CC2CCCCC2)CC1)c1cc(Cl)nc2ccccc12. The Kier molecular flexibility index (Phi) is 5.94. The second-order valence-electron chi connectivity index (χ2n) is 8.06. The van der Waals surface area contributed by atoms with Crippen LogP contribution < -0.4 is 5.32 Å². The number of benzene rings is 1. The number of carbonyl (C=O) groups is 1. The Bertz CT molecular complexity index is 795. The predicted molar refractivity (Wildman–Crippen MR) is 110 cm³/mol. The lowest BCUT2D eigenvalue weighted by Gasteiger charge is -2.35. The van der Waals surface area contributed by atoms with Gasteiger partial charge in [-0.3, -0.25) is 4.79 Å². The number of piperidine rings is 1. The summed E-state index contributed by atoms with van der Waals surface area (Å²) in [7, 11) is 0. The monoisotopic (exact) mass is 385 g/mol. The molecule has 0 spiro atoms. The van der Waals surface area contributed by atoms with Crippen molar-refractivity contribution in [1.82, 2.24) is 15.2 Å². The second-order valence-corrected chi connectivity index (χ2v) is 8.45. The summed E-state index contributed by atoms with van der Waals surface area (Å²) in [6.07, 6.45) is 9.06. The molecule has 1 amide bonds. The molecule has 0 radical (unpaired) electrons. The number of fused-ring (bicyclic) bond motifs is 1. The molecule has 2 heterocycles. The number of likely N-dealkylation sites (tertiary alicyclic amines) is 1. The summed E-state index contributed by atoms with van der Waals surface area (Å²) in [5.74, 6) is 0.844. The maximum Gasteiger partial charge on any atom is 0.252 e. The molecule has 27 heavy (non-hydrogen) atoms. The van der Waals surface area contributed by atoms with Crippen molar-refractivity contribution >= 4 is 28.4 Å². The van der Waals surface area contributed by atoms with Crippen molar-refractivity contribution < 1.29 is 4.79 Å². The first-order chi connectivity index (χ1) is 13.2. The van der Waals surface area contributed by atoms with Gasteiger partial charge in [-0.05, 0) is 43.7 Å². The summed E-state index contributed by atoms with van der Waals surface area (Å²) in [5, 5.41) is 4.44. The van der Waals surface area contributed by atoms with E-state index in [9.17, 15) is 4.79 Å². The van der Waals surface area contributed by atoms with E-state index < -0.39 is 0 Å². The van der Waals surface area contributed by atoms with Gasteiger partial charge in [-0.25, -0.2) is 4.98 Å². The van der Waals surface area contributed by atoms with E-state index in [0.717, 1.165) is 42.8 Å². The Labute approximate surface area is 166 Å². The Morgan fingerprint density at radius 2 is 1.85 bits per heavy atom. The van der Waals surface area contributed by atoms with Crippen LogP contribution in [0, 0.1) is 5.92 Å². The van der Waals surface area contributed by atoms with Gasteiger partial charge in [0.1, 0.15) is 5.15 Å². The molecular formula is C22H28ClN3O. The zero-order valence-electron chi connectivity index (χ0n) is 15.8. The highest BCUT2D eigenvalue weighted by Crippen LogP contribution is 2.26. The molecule has 5 heteroatoms. The highest BCUT2D eigenvalue weighted by atomic mass is 35.5. The smallest absolute Gasteiger partial charge is 0.252 e. The van der Waals surface area contributed by atoms with Gasteiger partial charge in [0.25, 0.3) is 5.91 Å². The number of aromatic nitrogens is 1. The largest absolute Gasteiger partial charge is 0.349 e. The fraction of sp³-hybridized carbons (Fsp3) is 0.545. The van der Waals surface area contributed by atoms with Crippen molar-refractivity contribution in [3.8, 4) is 0 Å². The van der Waals surface area contributed by atoms with Gasteiger partial charge in [0.15, 0.2) is 0 Å². The van der Waals surface area contributed by atoms with Crippen LogP contribution in [0.5, 0.6) is 0 Å². The Balaban J connectivity index is 1.34. The van der Waals surface area contributed by atoms with Crippen LogP contribution in [-0.4, -0.2) is 41.5 Å². The molecule has 0 unspecified atom stereocenters. The first-order valence-electron chi connectivity index (χ1n) is 10.3. The fourth-order valence-electron chi connectivity index (χ4n) is 4.59. The van der Waals surface area contributed by atoms with Crippen LogP contribution >= 0.6 is 11.6 Å². The number of nitrogens with one attached hydrogen (secondary N) is 1. The standard InChI is InChI=1S/C22H28ClN3O/c23-21-14-19(18-8-4-5-9-20(18)25-21)22(27)24-17-10-12-26(13-11-17)15-16-6-2-1-3-7-16/h4-5,8-9,14,16-17H,1-3,6-7,10-13,15H2,(H,24,27). The second kappa shape index (κ2) is 8.57. The lowest BCUT2D eigenvalue weighted by atomic mass is 9.88. The van der Waals surface area contributed by atoms with E-state index in [4.69, 9.17) is 11.6 Å². The van der Waals surface area contributed by atoms with Crippen LogP contribution in [0.25, 0.3) is 10.9 Å². The van der Waals surface area contributed by atoms with Crippen molar-refractivity contribution in [2.24, 2.45) is 5.92 Å². The van der Waals surface area contributed by atoms with Crippen LogP contribution in [0.1, 0.15) is 55.3 Å². The van der Waals surface area contributed by atoms with Gasteiger partial charge in [-0.1, -0.05) is 49.1 Å². The van der Waals surface area contributed by atoms with Crippen LogP contribution in [0.2, 0.25) is 5.15 Å². The van der Waals surface area contributed by atoms with Crippen molar-refractivity contribution in [2.45, 2.75) is 51.0 Å². The van der Waals surface area contributed by atoms with Gasteiger partial charge in [-0.15, -0.1) is 0 Å². The van der Waals surface area contributed by atoms with Crippen molar-refractivity contribution in [3.05, 3.63) is 41.0 Å². The molecule has 1 aliphatic carbocycles. The molecule has 1 aromatic carbocycles. The summed E-state index contributed by atoms with van der Waals surface area (Å²) in [5.41, 5.74) is 1.38. The van der Waals surface area contributed by atoms with Gasteiger partial charge in [0.05, 0.1) is 11.1 Å². The summed E-state index contributed by atoms with van der Waals surface area (Å²) in [6, 6.07) is 9.58. The first kappa shape index (κ1) is 18.7. The number of carbonyl (C=O) groups excluding carboxylic acids is 1. The third-order valence-electron chi connectivity index (χ3n) is 6.09. The van der Waals surface area contributed by atoms with Crippen LogP contribution in [0.4, 0.5) is 0 Å². The normalized spacial score (nSPS) is 20.0. The van der Waals surface area contributed by atoms with E-state index in [1.807, 2.05) is 24.3 Å². The number of nitrogens with zero attached hydrogens (tertiary/aromatic N) is 2. The topological polar surface area (TPSA) is 45.2 Å². The highest BCUT2D eigenvalue weighted by molar-refractivity contribution is 6.30. The minimum atomic E-state index is -0.0405. The minimum absolute atomic E-state index is 0.0405. The highest BCUT2D eigenvalue weighted by Gasteiger charge is 2.24. The number of rotatable bonds is 4. The summed E-state index contributed by atoms with van der Waals surface area (Å²) < 4.78 is 0. The number of para-hydroxylation sites is 1. The summed E-state index contributed by atoms with van der Waals surface area (Å²) >= 11 is 6.12. The first-order valence-corrected chi connectivity index (χ1v) is 10.7. The van der Waals surface area contributed by atoms with E-state index in [-0.39, 0.29) is 11.9 Å². The number of pyridine rings is 1. The average molecular weight is 386 g/mol. The lowest BCUT2D eigenvalue weighted by Crippen LogP contribution is -2.46. The van der Waals surface area contributed by atoms with Gasteiger partial charge in [-0.2, -0.15) is 0 Å². The molecule has 144 valence electrons. The van der Waals surface area contributed by atoms with Gasteiger partial charge < -0.3 is 10.2 Å². The summed E-state index contributed by atoms with van der Waals surface area (Å²) in [4.78, 5) is 19.8. The van der Waals surface area contributed by atoms with E-state index in [1.54, 1.807) is 6.07 Å². The van der Waals surface area contributed by atoms with E-state index in [1.165, 1.54) is 38.6 Å². The average Bonchev–Trinajstić information content (AvgIpc) is 2.69. The Morgan fingerprint density at radius 3 is 2.63 bits per heavy atom. The number of hydrogen-bond donors (Lipinski definition) is 1. The van der Waals surface area contributed by atoms with Crippen LogP contribution in [0.3, 0.4) is 0 Å². The molecule has 1 aromatic heterocycles. The maximum atomic E-state index is 12.9. The number of hydrogen-bond acceptors (Lipinski definition) is 3. The quantitative estimate of drug-likeness (QED) is 0.778. The van der Waals surface area contributed by atoms with Crippen molar-refractivity contribution in [3.63, 3.8) is 0 Å². The molecule has 1 saturated heterocycles. The van der Waals surface area contributed by atoms with E-state index in [0.29, 0.717) is 10.7 Å². The van der Waals surface area contributed by atoms with Gasteiger partial charge in [0, 0.05) is 31.1 Å².